The molecule has 0 saturated heterocycles. The fourth-order valence-electron chi connectivity index (χ4n) is 2.36. The van der Waals surface area contributed by atoms with Gasteiger partial charge in [-0.3, -0.25) is 4.79 Å². The number of nitrogens with two attached hydrogens (primary N) is 1. The first-order valence-electron chi connectivity index (χ1n) is 6.15. The maximum absolute atomic E-state index is 12.3. The van der Waals surface area contributed by atoms with E-state index in [2.05, 4.69) is 4.74 Å². The second-order valence-electron chi connectivity index (χ2n) is 4.58. The third-order valence-electron chi connectivity index (χ3n) is 3.38. The lowest BCUT2D eigenvalue weighted by atomic mass is 9.86. The van der Waals surface area contributed by atoms with E-state index >= 15 is 0 Å². The summed E-state index contributed by atoms with van der Waals surface area (Å²) in [5.74, 6) is -0.254. The number of hydrogen-bond donors (Lipinski definition) is 1. The Labute approximate surface area is 110 Å². The Hall–Kier alpha value is -1.36. The van der Waals surface area contributed by atoms with Crippen LogP contribution in [0.3, 0.4) is 0 Å². The smallest absolute Gasteiger partial charge is 0.340 e. The first-order valence-corrected chi connectivity index (χ1v) is 6.97. The van der Waals surface area contributed by atoms with Crippen LogP contribution in [0.2, 0.25) is 0 Å². The summed E-state index contributed by atoms with van der Waals surface area (Å²) in [6.45, 7) is 0. The van der Waals surface area contributed by atoms with E-state index in [4.69, 9.17) is 5.73 Å². The van der Waals surface area contributed by atoms with Crippen molar-refractivity contribution in [2.45, 2.75) is 32.1 Å². The van der Waals surface area contributed by atoms with Gasteiger partial charge in [-0.2, -0.15) is 0 Å². The summed E-state index contributed by atoms with van der Waals surface area (Å²) in [6, 6.07) is 1.57. The lowest BCUT2D eigenvalue weighted by Gasteiger charge is -2.19. The molecule has 1 aromatic heterocycles. The SMILES string of the molecule is COC(=O)c1cc(C(=O)C2CCCCC2)sc1N. The van der Waals surface area contributed by atoms with E-state index < -0.39 is 5.97 Å². The minimum Gasteiger partial charge on any atom is -0.465 e. The number of nitrogen functional groups attached to an aromatic ring is 1. The van der Waals surface area contributed by atoms with Gasteiger partial charge in [-0.15, -0.1) is 11.3 Å². The van der Waals surface area contributed by atoms with Crippen LogP contribution in [0, 0.1) is 5.92 Å². The summed E-state index contributed by atoms with van der Waals surface area (Å²) < 4.78 is 4.63. The molecule has 1 aliphatic rings. The molecule has 18 heavy (non-hydrogen) atoms. The van der Waals surface area contributed by atoms with Crippen LogP contribution in [0.5, 0.6) is 0 Å². The zero-order valence-electron chi connectivity index (χ0n) is 10.4. The van der Waals surface area contributed by atoms with Gasteiger partial charge in [0.15, 0.2) is 5.78 Å². The molecule has 1 aromatic rings. The summed E-state index contributed by atoms with van der Waals surface area (Å²) in [7, 11) is 1.31. The Morgan fingerprint density at radius 1 is 1.33 bits per heavy atom. The average Bonchev–Trinajstić information content (AvgIpc) is 2.80. The Kier molecular flexibility index (Phi) is 4.01. The van der Waals surface area contributed by atoms with Gasteiger partial charge in [-0.25, -0.2) is 4.79 Å². The molecular weight excluding hydrogens is 250 g/mol. The predicted octanol–water partition coefficient (Wildman–Crippen LogP) is 2.88. The highest BCUT2D eigenvalue weighted by Gasteiger charge is 2.25. The Balaban J connectivity index is 2.18. The van der Waals surface area contributed by atoms with Gasteiger partial charge < -0.3 is 10.5 Å². The molecule has 0 bridgehead atoms. The van der Waals surface area contributed by atoms with E-state index in [1.165, 1.54) is 24.9 Å². The third kappa shape index (κ3) is 2.56. The topological polar surface area (TPSA) is 69.4 Å². The van der Waals surface area contributed by atoms with Crippen LogP contribution in [0.4, 0.5) is 5.00 Å². The van der Waals surface area contributed by atoms with Crippen molar-refractivity contribution in [1.29, 1.82) is 0 Å². The number of hydrogen-bond acceptors (Lipinski definition) is 5. The summed E-state index contributed by atoms with van der Waals surface area (Å²) in [5, 5.41) is 0.362. The molecule has 0 spiro atoms. The molecule has 4 nitrogen and oxygen atoms in total. The number of rotatable bonds is 3. The zero-order chi connectivity index (χ0) is 13.1. The van der Waals surface area contributed by atoms with Crippen LogP contribution in [-0.2, 0) is 4.74 Å². The van der Waals surface area contributed by atoms with Gasteiger partial charge in [-0.1, -0.05) is 19.3 Å². The minimum absolute atomic E-state index is 0.0993. The number of anilines is 1. The molecule has 2 N–H and O–H groups in total. The van der Waals surface area contributed by atoms with Crippen molar-refractivity contribution in [2.24, 2.45) is 5.92 Å². The number of carbonyl (C=O) groups is 2. The molecular formula is C13H17NO3S. The van der Waals surface area contributed by atoms with Crippen molar-refractivity contribution in [3.05, 3.63) is 16.5 Å². The van der Waals surface area contributed by atoms with Gasteiger partial charge in [0.2, 0.25) is 0 Å². The van der Waals surface area contributed by atoms with E-state index in [9.17, 15) is 9.59 Å². The molecule has 2 rings (SSSR count). The molecule has 0 aliphatic heterocycles. The number of ether oxygens (including phenoxy) is 1. The number of thiophene rings is 1. The molecule has 98 valence electrons. The van der Waals surface area contributed by atoms with Crippen molar-refractivity contribution in [3.63, 3.8) is 0 Å². The zero-order valence-corrected chi connectivity index (χ0v) is 11.2. The largest absolute Gasteiger partial charge is 0.465 e. The highest BCUT2D eigenvalue weighted by molar-refractivity contribution is 7.18. The van der Waals surface area contributed by atoms with Crippen molar-refractivity contribution in [2.75, 3.05) is 12.8 Å². The first kappa shape index (κ1) is 13.1. The second-order valence-corrected chi connectivity index (χ2v) is 5.66. The van der Waals surface area contributed by atoms with Gasteiger partial charge in [0, 0.05) is 5.92 Å². The van der Waals surface area contributed by atoms with Crippen molar-refractivity contribution >= 4 is 28.1 Å². The fraction of sp³-hybridized carbons (Fsp3) is 0.538. The maximum atomic E-state index is 12.3. The lowest BCUT2D eigenvalue weighted by molar-refractivity contribution is 0.0602. The monoisotopic (exact) mass is 267 g/mol. The van der Waals surface area contributed by atoms with Gasteiger partial charge in [0.05, 0.1) is 17.6 Å². The third-order valence-corrected chi connectivity index (χ3v) is 4.36. The number of carbonyl (C=O) groups excluding carboxylic acids is 2. The van der Waals surface area contributed by atoms with E-state index in [0.29, 0.717) is 15.4 Å². The molecule has 5 heteroatoms. The van der Waals surface area contributed by atoms with E-state index in [1.54, 1.807) is 6.07 Å². The highest BCUT2D eigenvalue weighted by Crippen LogP contribution is 2.32. The molecule has 0 amide bonds. The predicted molar refractivity (Wildman–Crippen MR) is 71.0 cm³/mol. The minimum atomic E-state index is -0.480. The molecule has 1 aliphatic carbocycles. The number of methoxy groups -OCH3 is 1. The van der Waals surface area contributed by atoms with Gasteiger partial charge >= 0.3 is 5.97 Å². The molecule has 1 heterocycles. The van der Waals surface area contributed by atoms with Gasteiger partial charge in [-0.05, 0) is 18.9 Å². The van der Waals surface area contributed by atoms with Crippen molar-refractivity contribution < 1.29 is 14.3 Å². The maximum Gasteiger partial charge on any atom is 0.340 e. The van der Waals surface area contributed by atoms with Crippen molar-refractivity contribution in [1.82, 2.24) is 0 Å². The van der Waals surface area contributed by atoms with E-state index in [0.717, 1.165) is 25.7 Å². The van der Waals surface area contributed by atoms with E-state index in [1.807, 2.05) is 0 Å². The summed E-state index contributed by atoms with van der Waals surface area (Å²) in [6.07, 6.45) is 5.33. The van der Waals surface area contributed by atoms with Crippen LogP contribution < -0.4 is 5.73 Å². The van der Waals surface area contributed by atoms with Crippen LogP contribution in [0.25, 0.3) is 0 Å². The molecule has 1 fully saturated rings. The first-order chi connectivity index (χ1) is 8.63. The second kappa shape index (κ2) is 5.52. The van der Waals surface area contributed by atoms with Gasteiger partial charge in [0.25, 0.3) is 0 Å². The standard InChI is InChI=1S/C13H17NO3S/c1-17-13(16)9-7-10(18-12(9)14)11(15)8-5-3-2-4-6-8/h7-8H,2-6,14H2,1H3. The van der Waals surface area contributed by atoms with Crippen molar-refractivity contribution in [3.8, 4) is 0 Å². The number of esters is 1. The summed E-state index contributed by atoms with van der Waals surface area (Å²) in [5.41, 5.74) is 6.06. The molecule has 0 unspecified atom stereocenters. The highest BCUT2D eigenvalue weighted by atomic mass is 32.1. The van der Waals surface area contributed by atoms with Crippen LogP contribution in [-0.4, -0.2) is 18.9 Å². The Bertz CT molecular complexity index is 461. The van der Waals surface area contributed by atoms with Gasteiger partial charge in [0.1, 0.15) is 5.00 Å². The Morgan fingerprint density at radius 3 is 2.61 bits per heavy atom. The molecule has 1 saturated carbocycles. The molecule has 0 aromatic carbocycles. The quantitative estimate of drug-likeness (QED) is 0.675. The summed E-state index contributed by atoms with van der Waals surface area (Å²) >= 11 is 1.19. The molecule has 0 atom stereocenters. The normalized spacial score (nSPS) is 16.5. The molecule has 0 radical (unpaired) electrons. The van der Waals surface area contributed by atoms with E-state index in [-0.39, 0.29) is 11.7 Å². The lowest BCUT2D eigenvalue weighted by Crippen LogP contribution is -2.16. The Morgan fingerprint density at radius 2 is 2.00 bits per heavy atom. The van der Waals surface area contributed by atoms with Crippen LogP contribution >= 0.6 is 11.3 Å². The summed E-state index contributed by atoms with van der Waals surface area (Å²) in [4.78, 5) is 24.3. The van der Waals surface area contributed by atoms with Crippen LogP contribution in [0.1, 0.15) is 52.1 Å². The average molecular weight is 267 g/mol. The fourth-order valence-corrected chi connectivity index (χ4v) is 3.30. The van der Waals surface area contributed by atoms with Crippen LogP contribution in [0.15, 0.2) is 6.07 Å². The number of Topliss-reactive ketones (excluding diaryl/α,β-unsaturated/α-hetero) is 1. The number of ketones is 1.